The number of anilines is 1. The molecule has 0 radical (unpaired) electrons. The molecule has 1 spiro atoms. The topological polar surface area (TPSA) is 79.2 Å². The van der Waals surface area contributed by atoms with Crippen molar-refractivity contribution in [2.75, 3.05) is 32.0 Å². The summed E-state index contributed by atoms with van der Waals surface area (Å²) in [6.07, 6.45) is 6.86. The maximum absolute atomic E-state index is 12.9. The zero-order valence-electron chi connectivity index (χ0n) is 16.2. The summed E-state index contributed by atoms with van der Waals surface area (Å²) in [5.41, 5.74) is 1.03. The fourth-order valence-electron chi connectivity index (χ4n) is 4.46. The van der Waals surface area contributed by atoms with Gasteiger partial charge in [-0.2, -0.15) is 9.47 Å². The smallest absolute Gasteiger partial charge is 0.244 e. The molecule has 0 aliphatic carbocycles. The molecule has 146 valence electrons. The number of nitrogens with one attached hydrogen (secondary N) is 1. The van der Waals surface area contributed by atoms with Gasteiger partial charge in [-0.1, -0.05) is 0 Å². The summed E-state index contributed by atoms with van der Waals surface area (Å²) in [6.45, 7) is 6.80. The van der Waals surface area contributed by atoms with E-state index in [1.54, 1.807) is 10.9 Å². The van der Waals surface area contributed by atoms with Crippen LogP contribution in [0.3, 0.4) is 0 Å². The number of hydrogen-bond acceptors (Lipinski definition) is 7. The lowest BCUT2D eigenvalue weighted by molar-refractivity contribution is -0.135. The first-order valence-electron chi connectivity index (χ1n) is 9.51. The predicted octanol–water partition coefficient (Wildman–Crippen LogP) is 1.53. The molecule has 8 nitrogen and oxygen atoms in total. The maximum Gasteiger partial charge on any atom is 0.244 e. The highest BCUT2D eigenvalue weighted by Crippen LogP contribution is 2.38. The van der Waals surface area contributed by atoms with E-state index in [2.05, 4.69) is 31.7 Å². The van der Waals surface area contributed by atoms with Crippen LogP contribution in [0.2, 0.25) is 0 Å². The Morgan fingerprint density at radius 2 is 2.26 bits per heavy atom. The standard InChI is InChI=1S/C18H27N7OS/c1-13-9-19-25(10-13)11-16(26)24-7-4-6-18(12-24)15(5-8-23(18)3)21-17-20-14(2)22-27-17/h9-10,15H,4-8,11-12H2,1-3H3,(H,20,21,22). The number of aromatic nitrogens is 4. The van der Waals surface area contributed by atoms with Crippen LogP contribution in [0.5, 0.6) is 0 Å². The van der Waals surface area contributed by atoms with Crippen LogP contribution in [-0.4, -0.2) is 73.1 Å². The number of carbonyl (C=O) groups excluding carboxylic acids is 1. The second kappa shape index (κ2) is 7.20. The van der Waals surface area contributed by atoms with Crippen molar-refractivity contribution in [3.05, 3.63) is 23.8 Å². The molecule has 2 aliphatic rings. The van der Waals surface area contributed by atoms with E-state index in [1.165, 1.54) is 11.5 Å². The van der Waals surface area contributed by atoms with Gasteiger partial charge in [0.2, 0.25) is 11.0 Å². The Labute approximate surface area is 163 Å². The number of rotatable bonds is 4. The van der Waals surface area contributed by atoms with Crippen LogP contribution in [0.25, 0.3) is 0 Å². The molecule has 2 fully saturated rings. The average molecular weight is 390 g/mol. The highest BCUT2D eigenvalue weighted by Gasteiger charge is 2.50. The Kier molecular flexibility index (Phi) is 4.90. The van der Waals surface area contributed by atoms with Gasteiger partial charge in [0.1, 0.15) is 12.4 Å². The van der Waals surface area contributed by atoms with Crippen LogP contribution in [0, 0.1) is 13.8 Å². The van der Waals surface area contributed by atoms with E-state index >= 15 is 0 Å². The minimum absolute atomic E-state index is 0.0481. The molecular weight excluding hydrogens is 362 g/mol. The first-order chi connectivity index (χ1) is 13.0. The van der Waals surface area contributed by atoms with Crippen molar-refractivity contribution in [1.29, 1.82) is 0 Å². The maximum atomic E-state index is 12.9. The van der Waals surface area contributed by atoms with Crippen molar-refractivity contribution in [2.24, 2.45) is 0 Å². The lowest BCUT2D eigenvalue weighted by Crippen LogP contribution is -2.62. The van der Waals surface area contributed by atoms with E-state index in [1.807, 2.05) is 24.9 Å². The molecule has 2 saturated heterocycles. The highest BCUT2D eigenvalue weighted by atomic mass is 32.1. The first kappa shape index (κ1) is 18.4. The molecule has 2 aromatic heterocycles. The number of likely N-dealkylation sites (N-methyl/N-ethyl adjacent to an activating group) is 1. The van der Waals surface area contributed by atoms with Crippen LogP contribution in [0.4, 0.5) is 5.13 Å². The minimum Gasteiger partial charge on any atom is -0.356 e. The molecule has 4 heterocycles. The zero-order chi connectivity index (χ0) is 19.0. The van der Waals surface area contributed by atoms with Crippen molar-refractivity contribution >= 4 is 22.6 Å². The molecular formula is C18H27N7OS. The number of amides is 1. The van der Waals surface area contributed by atoms with Gasteiger partial charge in [0.25, 0.3) is 0 Å². The summed E-state index contributed by atoms with van der Waals surface area (Å²) in [5, 5.41) is 8.75. The molecule has 9 heteroatoms. The third-order valence-corrected chi connectivity index (χ3v) is 6.64. The third kappa shape index (κ3) is 3.58. The van der Waals surface area contributed by atoms with Gasteiger partial charge < -0.3 is 10.2 Å². The molecule has 0 saturated carbocycles. The van der Waals surface area contributed by atoms with E-state index in [0.29, 0.717) is 6.54 Å². The monoisotopic (exact) mass is 389 g/mol. The van der Waals surface area contributed by atoms with Crippen molar-refractivity contribution in [2.45, 2.75) is 51.2 Å². The Morgan fingerprint density at radius 3 is 2.96 bits per heavy atom. The molecule has 2 aromatic rings. The minimum atomic E-state index is -0.0481. The Morgan fingerprint density at radius 1 is 1.41 bits per heavy atom. The van der Waals surface area contributed by atoms with E-state index in [0.717, 1.165) is 55.4 Å². The van der Waals surface area contributed by atoms with Gasteiger partial charge in [-0.15, -0.1) is 0 Å². The predicted molar refractivity (Wildman–Crippen MR) is 105 cm³/mol. The third-order valence-electron chi connectivity index (χ3n) is 5.90. The SMILES string of the molecule is Cc1cnn(CC(=O)N2CCCC3(C2)C(Nc2nc(C)ns2)CCN3C)c1. The number of piperidine rings is 1. The normalized spacial score (nSPS) is 26.0. The molecule has 2 unspecified atom stereocenters. The lowest BCUT2D eigenvalue weighted by atomic mass is 9.82. The number of nitrogens with zero attached hydrogens (tertiary/aromatic N) is 6. The Bertz CT molecular complexity index is 818. The largest absolute Gasteiger partial charge is 0.356 e. The van der Waals surface area contributed by atoms with Crippen molar-refractivity contribution in [3.63, 3.8) is 0 Å². The Balaban J connectivity index is 1.49. The van der Waals surface area contributed by atoms with Gasteiger partial charge in [-0.25, -0.2) is 4.98 Å². The molecule has 27 heavy (non-hydrogen) atoms. The number of likely N-dealkylation sites (tertiary alicyclic amines) is 2. The van der Waals surface area contributed by atoms with Crippen LogP contribution in [0.1, 0.15) is 30.7 Å². The fraction of sp³-hybridized carbons (Fsp3) is 0.667. The van der Waals surface area contributed by atoms with Gasteiger partial charge in [0.05, 0.1) is 11.7 Å². The number of carbonyl (C=O) groups is 1. The number of hydrogen-bond donors (Lipinski definition) is 1. The molecule has 0 bridgehead atoms. The van der Waals surface area contributed by atoms with Gasteiger partial charge in [-0.3, -0.25) is 14.4 Å². The summed E-state index contributed by atoms with van der Waals surface area (Å²) in [7, 11) is 2.18. The van der Waals surface area contributed by atoms with Gasteiger partial charge in [0, 0.05) is 43.4 Å². The van der Waals surface area contributed by atoms with Crippen LogP contribution in [0.15, 0.2) is 12.4 Å². The van der Waals surface area contributed by atoms with Gasteiger partial charge >= 0.3 is 0 Å². The molecule has 1 amide bonds. The van der Waals surface area contributed by atoms with Crippen molar-refractivity contribution in [3.8, 4) is 0 Å². The van der Waals surface area contributed by atoms with Crippen molar-refractivity contribution < 1.29 is 4.79 Å². The van der Waals surface area contributed by atoms with E-state index in [9.17, 15) is 4.79 Å². The van der Waals surface area contributed by atoms with Gasteiger partial charge in [-0.05, 0) is 45.7 Å². The van der Waals surface area contributed by atoms with Gasteiger partial charge in [0.15, 0.2) is 0 Å². The highest BCUT2D eigenvalue weighted by molar-refractivity contribution is 7.09. The van der Waals surface area contributed by atoms with Crippen LogP contribution < -0.4 is 5.32 Å². The number of aryl methyl sites for hydroxylation is 2. The van der Waals surface area contributed by atoms with Crippen LogP contribution in [-0.2, 0) is 11.3 Å². The summed E-state index contributed by atoms with van der Waals surface area (Å²) < 4.78 is 6.02. The van der Waals surface area contributed by atoms with E-state index < -0.39 is 0 Å². The molecule has 4 rings (SSSR count). The summed E-state index contributed by atoms with van der Waals surface area (Å²) in [6, 6.07) is 0.275. The lowest BCUT2D eigenvalue weighted by Gasteiger charge is -2.47. The zero-order valence-corrected chi connectivity index (χ0v) is 17.0. The van der Waals surface area contributed by atoms with Crippen LogP contribution >= 0.6 is 11.5 Å². The second-order valence-corrected chi connectivity index (χ2v) is 8.54. The Hall–Kier alpha value is -2.00. The quantitative estimate of drug-likeness (QED) is 0.854. The first-order valence-corrected chi connectivity index (χ1v) is 10.3. The molecule has 0 aromatic carbocycles. The molecule has 2 atom stereocenters. The second-order valence-electron chi connectivity index (χ2n) is 7.79. The van der Waals surface area contributed by atoms with E-state index in [4.69, 9.17) is 0 Å². The van der Waals surface area contributed by atoms with E-state index in [-0.39, 0.29) is 17.5 Å². The average Bonchev–Trinajstić information content (AvgIpc) is 3.32. The van der Waals surface area contributed by atoms with Crippen molar-refractivity contribution in [1.82, 2.24) is 28.9 Å². The summed E-state index contributed by atoms with van der Waals surface area (Å²) >= 11 is 1.41. The summed E-state index contributed by atoms with van der Waals surface area (Å²) in [4.78, 5) is 21.8. The summed E-state index contributed by atoms with van der Waals surface area (Å²) in [5.74, 6) is 0.945. The molecule has 1 N–H and O–H groups in total. The molecule has 2 aliphatic heterocycles. The fourth-order valence-corrected chi connectivity index (χ4v) is 5.08.